The lowest BCUT2D eigenvalue weighted by Gasteiger charge is -2.02. The molecule has 2 aromatic carbocycles. The second-order valence-corrected chi connectivity index (χ2v) is 5.86. The number of carbonyl (C=O) groups is 1. The van der Waals surface area contributed by atoms with E-state index in [1.54, 1.807) is 36.5 Å². The number of benzene rings is 2. The Labute approximate surface area is 149 Å². The number of aliphatic imine (C=N–C) groups is 1. The molecule has 1 amide bonds. The number of H-pyrrole nitrogens is 1. The van der Waals surface area contributed by atoms with Gasteiger partial charge in [-0.3, -0.25) is 9.89 Å². The van der Waals surface area contributed by atoms with Crippen LogP contribution in [0, 0.1) is 0 Å². The van der Waals surface area contributed by atoms with Crippen LogP contribution in [-0.4, -0.2) is 27.4 Å². The van der Waals surface area contributed by atoms with Gasteiger partial charge >= 0.3 is 0 Å². The number of nitrogens with two attached hydrogens (primary N) is 1. The highest BCUT2D eigenvalue weighted by molar-refractivity contribution is 6.30. The van der Waals surface area contributed by atoms with Crippen LogP contribution in [0.5, 0.6) is 5.75 Å². The second kappa shape index (κ2) is 7.19. The van der Waals surface area contributed by atoms with Crippen LogP contribution in [-0.2, 0) is 6.42 Å². The van der Waals surface area contributed by atoms with E-state index in [0.717, 1.165) is 11.1 Å². The van der Waals surface area contributed by atoms with Gasteiger partial charge in [0.05, 0.1) is 5.69 Å². The molecular formula is C18H15ClN4O2. The summed E-state index contributed by atoms with van der Waals surface area (Å²) in [6, 6.07) is 13.8. The van der Waals surface area contributed by atoms with Gasteiger partial charge in [-0.15, -0.1) is 0 Å². The number of nitrogens with one attached hydrogen (secondary N) is 1. The van der Waals surface area contributed by atoms with Crippen molar-refractivity contribution in [1.29, 1.82) is 0 Å². The van der Waals surface area contributed by atoms with E-state index in [4.69, 9.17) is 17.3 Å². The number of carbonyl (C=O) groups excluding carboxylic acids is 1. The van der Waals surface area contributed by atoms with Gasteiger partial charge in [0.1, 0.15) is 11.3 Å². The van der Waals surface area contributed by atoms with Crippen molar-refractivity contribution in [2.45, 2.75) is 6.42 Å². The molecule has 3 rings (SSSR count). The van der Waals surface area contributed by atoms with Gasteiger partial charge in [0, 0.05) is 17.7 Å². The van der Waals surface area contributed by atoms with Gasteiger partial charge < -0.3 is 10.8 Å². The Kier molecular flexibility index (Phi) is 4.81. The predicted molar refractivity (Wildman–Crippen MR) is 96.7 cm³/mol. The maximum absolute atomic E-state index is 11.8. The summed E-state index contributed by atoms with van der Waals surface area (Å²) < 4.78 is 0. The largest absolute Gasteiger partial charge is 0.508 e. The van der Waals surface area contributed by atoms with Crippen LogP contribution in [0.2, 0.25) is 5.02 Å². The highest BCUT2D eigenvalue weighted by Gasteiger charge is 2.18. The summed E-state index contributed by atoms with van der Waals surface area (Å²) in [4.78, 5) is 16.1. The number of aromatic hydroxyl groups is 1. The Balaban J connectivity index is 1.89. The zero-order valence-electron chi connectivity index (χ0n) is 13.1. The highest BCUT2D eigenvalue weighted by atomic mass is 35.5. The van der Waals surface area contributed by atoms with Crippen molar-refractivity contribution >= 4 is 29.5 Å². The van der Waals surface area contributed by atoms with Gasteiger partial charge in [0.25, 0.3) is 5.91 Å². The molecular weight excluding hydrogens is 340 g/mol. The lowest BCUT2D eigenvalue weighted by atomic mass is 10.1. The first-order valence-corrected chi connectivity index (χ1v) is 7.85. The van der Waals surface area contributed by atoms with Gasteiger partial charge in [0.2, 0.25) is 0 Å². The summed E-state index contributed by atoms with van der Waals surface area (Å²) >= 11 is 5.99. The third kappa shape index (κ3) is 4.05. The van der Waals surface area contributed by atoms with Gasteiger partial charge in [-0.05, 0) is 47.5 Å². The van der Waals surface area contributed by atoms with Gasteiger partial charge in [-0.2, -0.15) is 5.10 Å². The molecule has 0 radical (unpaired) electrons. The number of hydrogen-bond donors (Lipinski definition) is 3. The molecule has 0 atom stereocenters. The standard InChI is InChI=1S/C18H15ClN4O2/c19-13-3-1-2-12(8-13)9-15-16(17(20)25)18(23-22-15)21-10-11-4-6-14(24)7-5-11/h1-8,10,24H,9H2,(H2,20,25)(H,22,23). The molecule has 1 heterocycles. The number of amides is 1. The van der Waals surface area contributed by atoms with E-state index in [9.17, 15) is 9.90 Å². The molecule has 126 valence electrons. The Morgan fingerprint density at radius 2 is 2.04 bits per heavy atom. The molecule has 0 saturated heterocycles. The minimum atomic E-state index is -0.608. The molecule has 0 aliphatic rings. The van der Waals surface area contributed by atoms with Crippen LogP contribution >= 0.6 is 11.6 Å². The Morgan fingerprint density at radius 1 is 1.28 bits per heavy atom. The van der Waals surface area contributed by atoms with Gasteiger partial charge in [-0.25, -0.2) is 4.99 Å². The van der Waals surface area contributed by atoms with E-state index in [-0.39, 0.29) is 17.1 Å². The zero-order chi connectivity index (χ0) is 17.8. The topological polar surface area (TPSA) is 104 Å². The first-order chi connectivity index (χ1) is 12.0. The molecule has 0 fully saturated rings. The quantitative estimate of drug-likeness (QED) is 0.612. The third-order valence-corrected chi connectivity index (χ3v) is 3.80. The minimum Gasteiger partial charge on any atom is -0.508 e. The number of halogens is 1. The van der Waals surface area contributed by atoms with Gasteiger partial charge in [0.15, 0.2) is 5.82 Å². The molecule has 0 bridgehead atoms. The first-order valence-electron chi connectivity index (χ1n) is 7.47. The fourth-order valence-electron chi connectivity index (χ4n) is 2.39. The van der Waals surface area contributed by atoms with E-state index < -0.39 is 5.91 Å². The summed E-state index contributed by atoms with van der Waals surface area (Å²) in [6.45, 7) is 0. The summed E-state index contributed by atoms with van der Waals surface area (Å²) in [6.07, 6.45) is 1.98. The number of primary amides is 1. The SMILES string of the molecule is NC(=O)c1c(N=Cc2ccc(O)cc2)n[nH]c1Cc1cccc(Cl)c1. The molecule has 3 aromatic rings. The number of phenols is 1. The van der Waals surface area contributed by atoms with E-state index in [0.29, 0.717) is 17.1 Å². The van der Waals surface area contributed by atoms with Crippen molar-refractivity contribution in [3.05, 3.63) is 75.9 Å². The molecule has 1 aromatic heterocycles. The van der Waals surface area contributed by atoms with E-state index >= 15 is 0 Å². The van der Waals surface area contributed by atoms with E-state index in [1.807, 2.05) is 18.2 Å². The average molecular weight is 355 g/mol. The molecule has 25 heavy (non-hydrogen) atoms. The van der Waals surface area contributed by atoms with E-state index in [1.165, 1.54) is 0 Å². The zero-order valence-corrected chi connectivity index (χ0v) is 13.9. The van der Waals surface area contributed by atoms with Crippen LogP contribution in [0.15, 0.2) is 53.5 Å². The number of nitrogens with zero attached hydrogens (tertiary/aromatic N) is 2. The molecule has 0 saturated carbocycles. The average Bonchev–Trinajstić information content (AvgIpc) is 2.97. The highest BCUT2D eigenvalue weighted by Crippen LogP contribution is 2.23. The fraction of sp³-hybridized carbons (Fsp3) is 0.0556. The summed E-state index contributed by atoms with van der Waals surface area (Å²) in [7, 11) is 0. The molecule has 0 unspecified atom stereocenters. The predicted octanol–water partition coefficient (Wildman–Crippen LogP) is 3.21. The van der Waals surface area contributed by atoms with Gasteiger partial charge in [-0.1, -0.05) is 23.7 Å². The van der Waals surface area contributed by atoms with Crippen molar-refractivity contribution in [1.82, 2.24) is 10.2 Å². The summed E-state index contributed by atoms with van der Waals surface area (Å²) in [5.41, 5.74) is 8.00. The Morgan fingerprint density at radius 3 is 2.72 bits per heavy atom. The van der Waals surface area contributed by atoms with Crippen LogP contribution in [0.1, 0.15) is 27.2 Å². The van der Waals surface area contributed by atoms with Crippen LogP contribution in [0.3, 0.4) is 0 Å². The fourth-order valence-corrected chi connectivity index (χ4v) is 2.61. The molecule has 0 aliphatic carbocycles. The van der Waals surface area contributed by atoms with Crippen molar-refractivity contribution in [3.63, 3.8) is 0 Å². The number of aromatic nitrogens is 2. The Hall–Kier alpha value is -3.12. The lowest BCUT2D eigenvalue weighted by Crippen LogP contribution is -2.13. The molecule has 4 N–H and O–H groups in total. The van der Waals surface area contributed by atoms with Crippen molar-refractivity contribution < 1.29 is 9.90 Å². The lowest BCUT2D eigenvalue weighted by molar-refractivity contribution is 0.100. The monoisotopic (exact) mass is 354 g/mol. The Bertz CT molecular complexity index is 933. The summed E-state index contributed by atoms with van der Waals surface area (Å²) in [5.74, 6) is -0.222. The second-order valence-electron chi connectivity index (χ2n) is 5.42. The normalized spacial score (nSPS) is 11.1. The molecule has 6 nitrogen and oxygen atoms in total. The van der Waals surface area contributed by atoms with Crippen LogP contribution < -0.4 is 5.73 Å². The number of rotatable bonds is 5. The van der Waals surface area contributed by atoms with Crippen LogP contribution in [0.4, 0.5) is 5.82 Å². The minimum absolute atomic E-state index is 0.165. The molecule has 0 aliphatic heterocycles. The molecule has 0 spiro atoms. The maximum atomic E-state index is 11.8. The smallest absolute Gasteiger partial charge is 0.254 e. The van der Waals surface area contributed by atoms with Crippen molar-refractivity contribution in [2.24, 2.45) is 10.7 Å². The number of aromatic amines is 1. The maximum Gasteiger partial charge on any atom is 0.254 e. The van der Waals surface area contributed by atoms with Crippen molar-refractivity contribution in [3.8, 4) is 5.75 Å². The first kappa shape index (κ1) is 16.7. The molecule has 7 heteroatoms. The van der Waals surface area contributed by atoms with Crippen molar-refractivity contribution in [2.75, 3.05) is 0 Å². The van der Waals surface area contributed by atoms with E-state index in [2.05, 4.69) is 15.2 Å². The number of phenolic OH excluding ortho intramolecular Hbond substituents is 1. The van der Waals surface area contributed by atoms with Crippen LogP contribution in [0.25, 0.3) is 0 Å². The summed E-state index contributed by atoms with van der Waals surface area (Å²) in [5, 5.41) is 16.8. The number of hydrogen-bond acceptors (Lipinski definition) is 4. The third-order valence-electron chi connectivity index (χ3n) is 3.57.